The number of hydrogen-bond donors (Lipinski definition) is 1. The predicted molar refractivity (Wildman–Crippen MR) is 92.4 cm³/mol. The van der Waals surface area contributed by atoms with E-state index in [1.807, 2.05) is 7.05 Å². The highest BCUT2D eigenvalue weighted by atomic mass is 32.2. The van der Waals surface area contributed by atoms with Gasteiger partial charge in [0, 0.05) is 32.6 Å². The Balaban J connectivity index is 2.11. The van der Waals surface area contributed by atoms with Gasteiger partial charge in [0.25, 0.3) is 0 Å². The fourth-order valence-electron chi connectivity index (χ4n) is 2.68. The normalized spacial score (nSPS) is 17.5. The minimum Gasteiger partial charge on any atom is -0.497 e. The highest BCUT2D eigenvalue weighted by Gasteiger charge is 2.25. The number of nitrogens with zero attached hydrogens (tertiary/aromatic N) is 2. The van der Waals surface area contributed by atoms with E-state index in [-0.39, 0.29) is 12.3 Å². The van der Waals surface area contributed by atoms with Gasteiger partial charge in [-0.05, 0) is 24.7 Å². The molecule has 8 heteroatoms. The maximum absolute atomic E-state index is 12.5. The number of rotatable bonds is 6. The van der Waals surface area contributed by atoms with Crippen molar-refractivity contribution in [3.63, 3.8) is 0 Å². The van der Waals surface area contributed by atoms with E-state index in [1.54, 1.807) is 36.3 Å². The summed E-state index contributed by atoms with van der Waals surface area (Å²) in [6, 6.07) is 6.48. The first-order valence-electron chi connectivity index (χ1n) is 7.86. The number of piperazine rings is 1. The average molecular weight is 355 g/mol. The van der Waals surface area contributed by atoms with Crippen molar-refractivity contribution in [3.8, 4) is 5.75 Å². The minimum atomic E-state index is -3.43. The van der Waals surface area contributed by atoms with Gasteiger partial charge in [0.1, 0.15) is 5.75 Å². The van der Waals surface area contributed by atoms with Crippen LogP contribution in [-0.4, -0.2) is 70.7 Å². The Labute approximate surface area is 143 Å². The number of carbonyl (C=O) groups is 1. The summed E-state index contributed by atoms with van der Waals surface area (Å²) in [7, 11) is 0.156. The van der Waals surface area contributed by atoms with E-state index >= 15 is 0 Å². The summed E-state index contributed by atoms with van der Waals surface area (Å²) < 4.78 is 31.0. The third-order valence-electron chi connectivity index (χ3n) is 4.11. The largest absolute Gasteiger partial charge is 0.497 e. The quantitative estimate of drug-likeness (QED) is 0.802. The van der Waals surface area contributed by atoms with E-state index in [2.05, 4.69) is 9.62 Å². The van der Waals surface area contributed by atoms with Gasteiger partial charge < -0.3 is 14.5 Å². The van der Waals surface area contributed by atoms with Gasteiger partial charge in [-0.1, -0.05) is 12.1 Å². The van der Waals surface area contributed by atoms with Gasteiger partial charge in [-0.2, -0.15) is 0 Å². The van der Waals surface area contributed by atoms with E-state index in [1.165, 1.54) is 0 Å². The third-order valence-corrected chi connectivity index (χ3v) is 4.82. The van der Waals surface area contributed by atoms with Crippen molar-refractivity contribution >= 4 is 15.9 Å². The zero-order valence-corrected chi connectivity index (χ0v) is 15.2. The molecule has 1 atom stereocenters. The van der Waals surface area contributed by atoms with Crippen LogP contribution in [0.2, 0.25) is 0 Å². The number of hydrogen-bond acceptors (Lipinski definition) is 5. The molecule has 1 saturated heterocycles. The first-order valence-corrected chi connectivity index (χ1v) is 9.75. The van der Waals surface area contributed by atoms with Crippen molar-refractivity contribution in [2.45, 2.75) is 12.5 Å². The zero-order valence-electron chi connectivity index (χ0n) is 14.4. The van der Waals surface area contributed by atoms with Crippen molar-refractivity contribution in [3.05, 3.63) is 29.8 Å². The van der Waals surface area contributed by atoms with E-state index in [0.717, 1.165) is 24.9 Å². The topological polar surface area (TPSA) is 79.0 Å². The van der Waals surface area contributed by atoms with Crippen LogP contribution in [0.5, 0.6) is 5.75 Å². The van der Waals surface area contributed by atoms with Crippen LogP contribution in [0.25, 0.3) is 0 Å². The Morgan fingerprint density at radius 3 is 2.29 bits per heavy atom. The maximum atomic E-state index is 12.5. The monoisotopic (exact) mass is 355 g/mol. The van der Waals surface area contributed by atoms with Gasteiger partial charge in [0.05, 0.1) is 19.4 Å². The number of sulfonamides is 1. The molecule has 0 radical (unpaired) electrons. The summed E-state index contributed by atoms with van der Waals surface area (Å²) in [6.45, 7) is 3.00. The van der Waals surface area contributed by atoms with Crippen LogP contribution in [0.15, 0.2) is 24.3 Å². The van der Waals surface area contributed by atoms with Gasteiger partial charge in [-0.15, -0.1) is 0 Å². The van der Waals surface area contributed by atoms with Crippen LogP contribution >= 0.6 is 0 Å². The molecule has 0 aromatic heterocycles. The van der Waals surface area contributed by atoms with Gasteiger partial charge >= 0.3 is 0 Å². The van der Waals surface area contributed by atoms with E-state index in [9.17, 15) is 13.2 Å². The third kappa shape index (κ3) is 5.47. The molecule has 2 rings (SSSR count). The fraction of sp³-hybridized carbons (Fsp3) is 0.562. The van der Waals surface area contributed by atoms with Crippen LogP contribution in [-0.2, 0) is 14.8 Å². The second-order valence-corrected chi connectivity index (χ2v) is 7.88. The van der Waals surface area contributed by atoms with Crippen LogP contribution in [0.1, 0.15) is 18.0 Å². The minimum absolute atomic E-state index is 0.0416. The first-order chi connectivity index (χ1) is 11.3. The Morgan fingerprint density at radius 1 is 1.21 bits per heavy atom. The Hall–Kier alpha value is -1.64. The Morgan fingerprint density at radius 2 is 1.79 bits per heavy atom. The summed E-state index contributed by atoms with van der Waals surface area (Å²) in [5, 5.41) is 0. The van der Waals surface area contributed by atoms with E-state index in [4.69, 9.17) is 4.74 Å². The molecule has 1 aromatic rings. The summed E-state index contributed by atoms with van der Waals surface area (Å²) in [6.07, 6.45) is 1.20. The molecule has 1 amide bonds. The predicted octanol–water partition coefficient (Wildman–Crippen LogP) is 0.450. The lowest BCUT2D eigenvalue weighted by Crippen LogP contribution is -2.48. The molecule has 0 bridgehead atoms. The molecule has 24 heavy (non-hydrogen) atoms. The summed E-state index contributed by atoms with van der Waals surface area (Å²) >= 11 is 0. The molecular formula is C16H25N3O4S. The number of methoxy groups -OCH3 is 1. The number of benzene rings is 1. The van der Waals surface area contributed by atoms with Gasteiger partial charge in [-0.3, -0.25) is 4.79 Å². The van der Waals surface area contributed by atoms with Gasteiger partial charge in [0.15, 0.2) is 0 Å². The molecule has 1 heterocycles. The molecule has 0 unspecified atom stereocenters. The number of likely N-dealkylation sites (N-methyl/N-ethyl adjacent to an activating group) is 1. The van der Waals surface area contributed by atoms with Crippen LogP contribution in [0.4, 0.5) is 0 Å². The Kier molecular flexibility index (Phi) is 6.20. The molecule has 134 valence electrons. The standard InChI is InChI=1S/C16H25N3O4S/c1-18-8-10-19(11-9-18)16(20)12-15(17-24(3,21)22)13-4-6-14(23-2)7-5-13/h4-7,15,17H,8-12H2,1-3H3/t15-/m0/s1. The molecule has 1 aliphatic heterocycles. The molecule has 1 fully saturated rings. The van der Waals surface area contributed by atoms with Crippen molar-refractivity contribution in [1.82, 2.24) is 14.5 Å². The van der Waals surface area contributed by atoms with Crippen molar-refractivity contribution in [1.29, 1.82) is 0 Å². The lowest BCUT2D eigenvalue weighted by Gasteiger charge is -2.33. The second kappa shape index (κ2) is 7.96. The Bertz CT molecular complexity index is 652. The molecule has 1 N–H and O–H groups in total. The SMILES string of the molecule is COc1ccc([C@H](CC(=O)N2CCN(C)CC2)NS(C)(=O)=O)cc1. The van der Waals surface area contributed by atoms with Crippen molar-refractivity contribution in [2.24, 2.45) is 0 Å². The van der Waals surface area contributed by atoms with Crippen LogP contribution < -0.4 is 9.46 Å². The molecule has 1 aliphatic rings. The van der Waals surface area contributed by atoms with Crippen molar-refractivity contribution < 1.29 is 17.9 Å². The molecular weight excluding hydrogens is 330 g/mol. The number of carbonyl (C=O) groups excluding carboxylic acids is 1. The number of ether oxygens (including phenoxy) is 1. The first kappa shape index (κ1) is 18.7. The van der Waals surface area contributed by atoms with Crippen LogP contribution in [0, 0.1) is 0 Å². The van der Waals surface area contributed by atoms with Crippen LogP contribution in [0.3, 0.4) is 0 Å². The fourth-order valence-corrected chi connectivity index (χ4v) is 3.42. The molecule has 0 saturated carbocycles. The second-order valence-electron chi connectivity index (χ2n) is 6.10. The van der Waals surface area contributed by atoms with E-state index in [0.29, 0.717) is 18.8 Å². The zero-order chi connectivity index (χ0) is 17.7. The molecule has 1 aromatic carbocycles. The lowest BCUT2D eigenvalue weighted by atomic mass is 10.0. The summed E-state index contributed by atoms with van der Waals surface area (Å²) in [5.41, 5.74) is 0.740. The average Bonchev–Trinajstić information content (AvgIpc) is 2.53. The molecule has 0 aliphatic carbocycles. The van der Waals surface area contributed by atoms with Gasteiger partial charge in [-0.25, -0.2) is 13.1 Å². The van der Waals surface area contributed by atoms with Crippen molar-refractivity contribution in [2.75, 3.05) is 46.6 Å². The lowest BCUT2D eigenvalue weighted by molar-refractivity contribution is -0.133. The highest BCUT2D eigenvalue weighted by Crippen LogP contribution is 2.22. The summed E-state index contributed by atoms with van der Waals surface area (Å²) in [4.78, 5) is 16.5. The maximum Gasteiger partial charge on any atom is 0.224 e. The van der Waals surface area contributed by atoms with Gasteiger partial charge in [0.2, 0.25) is 15.9 Å². The highest BCUT2D eigenvalue weighted by molar-refractivity contribution is 7.88. The smallest absolute Gasteiger partial charge is 0.224 e. The molecule has 7 nitrogen and oxygen atoms in total. The summed E-state index contributed by atoms with van der Waals surface area (Å²) in [5.74, 6) is 0.641. The molecule has 0 spiro atoms. The number of amides is 1. The van der Waals surface area contributed by atoms with E-state index < -0.39 is 16.1 Å². The number of nitrogens with one attached hydrogen (secondary N) is 1.